The van der Waals surface area contributed by atoms with Gasteiger partial charge in [-0.3, -0.25) is 0 Å². The molecule has 18 heavy (non-hydrogen) atoms. The van der Waals surface area contributed by atoms with Crippen molar-refractivity contribution in [1.29, 1.82) is 0 Å². The van der Waals surface area contributed by atoms with Crippen LogP contribution in [0.4, 0.5) is 5.69 Å². The lowest BCUT2D eigenvalue weighted by Crippen LogP contribution is -2.04. The first-order chi connectivity index (χ1) is 8.75. The third-order valence-electron chi connectivity index (χ3n) is 2.55. The zero-order valence-corrected chi connectivity index (χ0v) is 11.9. The van der Waals surface area contributed by atoms with Gasteiger partial charge in [0.1, 0.15) is 0 Å². The van der Waals surface area contributed by atoms with Crippen molar-refractivity contribution in [2.45, 2.75) is 11.8 Å². The summed E-state index contributed by atoms with van der Waals surface area (Å²) in [5.74, 6) is 1.02. The van der Waals surface area contributed by atoms with Gasteiger partial charge in [-0.2, -0.15) is 0 Å². The summed E-state index contributed by atoms with van der Waals surface area (Å²) in [4.78, 5) is 1.32. The molecule has 0 aliphatic carbocycles. The lowest BCUT2D eigenvalue weighted by Gasteiger charge is -2.08. The number of nitrogens with one attached hydrogen (secondary N) is 1. The molecule has 1 N–H and O–H groups in total. The number of hydrogen-bond acceptors (Lipinski definition) is 2. The third-order valence-corrected chi connectivity index (χ3v) is 3.87. The highest BCUT2D eigenvalue weighted by molar-refractivity contribution is 7.99. The Bertz CT molecular complexity index is 513. The molecular formula is C15H16ClNS. The van der Waals surface area contributed by atoms with Gasteiger partial charge in [0.05, 0.1) is 10.7 Å². The molecule has 0 heterocycles. The molecule has 0 atom stereocenters. The highest BCUT2D eigenvalue weighted by Gasteiger charge is 1.98. The van der Waals surface area contributed by atoms with E-state index in [9.17, 15) is 0 Å². The number of hydrogen-bond donors (Lipinski definition) is 1. The molecule has 0 fully saturated rings. The van der Waals surface area contributed by atoms with Crippen LogP contribution in [-0.4, -0.2) is 12.3 Å². The van der Waals surface area contributed by atoms with Crippen molar-refractivity contribution in [1.82, 2.24) is 0 Å². The maximum atomic E-state index is 6.07. The molecule has 94 valence electrons. The fourth-order valence-electron chi connectivity index (χ4n) is 1.66. The van der Waals surface area contributed by atoms with Gasteiger partial charge in [-0.25, -0.2) is 0 Å². The minimum absolute atomic E-state index is 0.776. The topological polar surface area (TPSA) is 12.0 Å². The summed E-state index contributed by atoms with van der Waals surface area (Å²) in [6, 6.07) is 16.4. The van der Waals surface area contributed by atoms with Gasteiger partial charge in [-0.1, -0.05) is 41.4 Å². The monoisotopic (exact) mass is 277 g/mol. The molecule has 1 nitrogen and oxygen atoms in total. The SMILES string of the molecule is Cc1cccc(SCCNc2ccccc2Cl)c1. The average Bonchev–Trinajstić information content (AvgIpc) is 2.37. The first-order valence-corrected chi connectivity index (χ1v) is 7.30. The quantitative estimate of drug-likeness (QED) is 0.619. The van der Waals surface area contributed by atoms with Crippen molar-refractivity contribution in [3.63, 3.8) is 0 Å². The smallest absolute Gasteiger partial charge is 0.0637 e. The maximum Gasteiger partial charge on any atom is 0.0637 e. The van der Waals surface area contributed by atoms with Gasteiger partial charge in [0, 0.05) is 17.2 Å². The van der Waals surface area contributed by atoms with Gasteiger partial charge < -0.3 is 5.32 Å². The maximum absolute atomic E-state index is 6.07. The Morgan fingerprint density at radius 1 is 1.11 bits per heavy atom. The molecule has 0 bridgehead atoms. The number of rotatable bonds is 5. The molecule has 0 saturated carbocycles. The van der Waals surface area contributed by atoms with Crippen LogP contribution in [0.2, 0.25) is 5.02 Å². The number of thioether (sulfide) groups is 1. The van der Waals surface area contributed by atoms with Crippen LogP contribution in [0.5, 0.6) is 0 Å². The molecule has 0 radical (unpaired) electrons. The molecule has 2 aromatic rings. The van der Waals surface area contributed by atoms with Crippen molar-refractivity contribution < 1.29 is 0 Å². The van der Waals surface area contributed by atoms with Crippen molar-refractivity contribution >= 4 is 29.1 Å². The molecule has 2 rings (SSSR count). The van der Waals surface area contributed by atoms with Gasteiger partial charge in [0.15, 0.2) is 0 Å². The Hall–Kier alpha value is -1.12. The van der Waals surface area contributed by atoms with Crippen molar-refractivity contribution in [3.8, 4) is 0 Å². The van der Waals surface area contributed by atoms with Crippen molar-refractivity contribution in [2.24, 2.45) is 0 Å². The first kappa shape index (κ1) is 13.3. The Balaban J connectivity index is 1.78. The molecule has 0 amide bonds. The van der Waals surface area contributed by atoms with E-state index in [1.165, 1.54) is 10.5 Å². The van der Waals surface area contributed by atoms with Crippen LogP contribution >= 0.6 is 23.4 Å². The van der Waals surface area contributed by atoms with E-state index in [0.29, 0.717) is 0 Å². The molecule has 0 unspecified atom stereocenters. The molecule has 0 spiro atoms. The van der Waals surface area contributed by atoms with E-state index in [0.717, 1.165) is 23.0 Å². The van der Waals surface area contributed by atoms with Gasteiger partial charge in [-0.05, 0) is 31.2 Å². The van der Waals surface area contributed by atoms with E-state index < -0.39 is 0 Å². The summed E-state index contributed by atoms with van der Waals surface area (Å²) < 4.78 is 0. The molecule has 0 aliphatic heterocycles. The number of halogens is 1. The van der Waals surface area contributed by atoms with Crippen molar-refractivity contribution in [2.75, 3.05) is 17.6 Å². The first-order valence-electron chi connectivity index (χ1n) is 5.93. The second kappa shape index (κ2) is 6.72. The summed E-state index contributed by atoms with van der Waals surface area (Å²) in [7, 11) is 0. The summed E-state index contributed by atoms with van der Waals surface area (Å²) in [6.45, 7) is 3.02. The summed E-state index contributed by atoms with van der Waals surface area (Å²) in [6.07, 6.45) is 0. The van der Waals surface area contributed by atoms with E-state index in [1.54, 1.807) is 0 Å². The second-order valence-corrected chi connectivity index (χ2v) is 5.65. The lowest BCUT2D eigenvalue weighted by molar-refractivity contribution is 1.22. The van der Waals surface area contributed by atoms with Gasteiger partial charge in [-0.15, -0.1) is 11.8 Å². The van der Waals surface area contributed by atoms with E-state index in [2.05, 4.69) is 36.5 Å². The highest BCUT2D eigenvalue weighted by Crippen LogP contribution is 2.22. The molecule has 0 aliphatic rings. The molecule has 3 heteroatoms. The largest absolute Gasteiger partial charge is 0.383 e. The Kier molecular flexibility index (Phi) is 4.97. The Morgan fingerprint density at radius 2 is 1.94 bits per heavy atom. The van der Waals surface area contributed by atoms with Crippen LogP contribution in [0.3, 0.4) is 0 Å². The van der Waals surface area contributed by atoms with Gasteiger partial charge in [0.2, 0.25) is 0 Å². The van der Waals surface area contributed by atoms with Crippen LogP contribution in [0, 0.1) is 6.92 Å². The van der Waals surface area contributed by atoms with Crippen molar-refractivity contribution in [3.05, 3.63) is 59.1 Å². The predicted octanol–water partition coefficient (Wildman–Crippen LogP) is 4.85. The minimum atomic E-state index is 0.776. The summed E-state index contributed by atoms with van der Waals surface area (Å²) in [5, 5.41) is 4.12. The molecule has 2 aromatic carbocycles. The Labute approximate surface area is 118 Å². The van der Waals surface area contributed by atoms with E-state index in [4.69, 9.17) is 11.6 Å². The zero-order chi connectivity index (χ0) is 12.8. The molecule has 0 saturated heterocycles. The van der Waals surface area contributed by atoms with E-state index in [-0.39, 0.29) is 0 Å². The number of benzene rings is 2. The van der Waals surface area contributed by atoms with Crippen LogP contribution in [0.15, 0.2) is 53.4 Å². The standard InChI is InChI=1S/C15H16ClNS/c1-12-5-4-6-13(11-12)18-10-9-17-15-8-3-2-7-14(15)16/h2-8,11,17H,9-10H2,1H3. The van der Waals surface area contributed by atoms with Crippen LogP contribution < -0.4 is 5.32 Å². The third kappa shape index (κ3) is 3.97. The van der Waals surface area contributed by atoms with Crippen LogP contribution in [-0.2, 0) is 0 Å². The van der Waals surface area contributed by atoms with E-state index in [1.807, 2.05) is 36.0 Å². The van der Waals surface area contributed by atoms with E-state index >= 15 is 0 Å². The zero-order valence-electron chi connectivity index (χ0n) is 10.3. The van der Waals surface area contributed by atoms with Gasteiger partial charge in [0.25, 0.3) is 0 Å². The lowest BCUT2D eigenvalue weighted by atomic mass is 10.2. The summed E-state index contributed by atoms with van der Waals surface area (Å²) >= 11 is 7.93. The average molecular weight is 278 g/mol. The second-order valence-electron chi connectivity index (χ2n) is 4.07. The van der Waals surface area contributed by atoms with Crippen LogP contribution in [0.25, 0.3) is 0 Å². The van der Waals surface area contributed by atoms with Gasteiger partial charge >= 0.3 is 0 Å². The predicted molar refractivity (Wildman–Crippen MR) is 81.8 cm³/mol. The number of anilines is 1. The highest BCUT2D eigenvalue weighted by atomic mass is 35.5. The fourth-order valence-corrected chi connectivity index (χ4v) is 2.75. The molecular weight excluding hydrogens is 262 g/mol. The normalized spacial score (nSPS) is 10.3. The van der Waals surface area contributed by atoms with Crippen LogP contribution in [0.1, 0.15) is 5.56 Å². The molecule has 0 aromatic heterocycles. The number of aryl methyl sites for hydroxylation is 1. The minimum Gasteiger partial charge on any atom is -0.383 e. The number of para-hydroxylation sites is 1. The fraction of sp³-hybridized carbons (Fsp3) is 0.200. The summed E-state index contributed by atoms with van der Waals surface area (Å²) in [5.41, 5.74) is 2.31. The Morgan fingerprint density at radius 3 is 2.72 bits per heavy atom.